The van der Waals surface area contributed by atoms with E-state index < -0.39 is 15.9 Å². The number of benzene rings is 1. The zero-order valence-electron chi connectivity index (χ0n) is 17.0. The maximum atomic E-state index is 13.1. The molecule has 1 saturated heterocycles. The highest BCUT2D eigenvalue weighted by Crippen LogP contribution is 2.28. The van der Waals surface area contributed by atoms with Gasteiger partial charge in [0.25, 0.3) is 5.91 Å². The van der Waals surface area contributed by atoms with E-state index in [-0.39, 0.29) is 28.8 Å². The second-order valence-electron chi connectivity index (χ2n) is 6.82. The first-order chi connectivity index (χ1) is 14.4. The van der Waals surface area contributed by atoms with Crippen LogP contribution >= 0.6 is 11.3 Å². The molecule has 0 unspecified atom stereocenters. The Bertz CT molecular complexity index is 1010. The number of ether oxygens (including phenoxy) is 1. The van der Waals surface area contributed by atoms with Gasteiger partial charge in [0, 0.05) is 31.4 Å². The first-order valence-corrected chi connectivity index (χ1v) is 12.0. The van der Waals surface area contributed by atoms with Gasteiger partial charge < -0.3 is 15.0 Å². The predicted molar refractivity (Wildman–Crippen MR) is 116 cm³/mol. The number of anilines is 1. The Morgan fingerprint density at radius 3 is 2.63 bits per heavy atom. The van der Waals surface area contributed by atoms with Crippen LogP contribution in [0.25, 0.3) is 0 Å². The maximum absolute atomic E-state index is 13.1. The first-order valence-electron chi connectivity index (χ1n) is 9.67. The molecule has 2 heterocycles. The van der Waals surface area contributed by atoms with Crippen molar-refractivity contribution in [1.82, 2.24) is 9.21 Å². The van der Waals surface area contributed by atoms with Gasteiger partial charge in [0.05, 0.1) is 7.11 Å². The number of amides is 2. The van der Waals surface area contributed by atoms with Crippen LogP contribution in [0.5, 0.6) is 5.75 Å². The van der Waals surface area contributed by atoms with Gasteiger partial charge in [-0.2, -0.15) is 4.31 Å². The molecule has 0 saturated carbocycles. The number of methoxy groups -OCH3 is 1. The van der Waals surface area contributed by atoms with E-state index in [0.717, 1.165) is 24.2 Å². The Labute approximate surface area is 180 Å². The van der Waals surface area contributed by atoms with Gasteiger partial charge in [0.2, 0.25) is 15.9 Å². The second-order valence-corrected chi connectivity index (χ2v) is 9.65. The molecule has 30 heavy (non-hydrogen) atoms. The van der Waals surface area contributed by atoms with Crippen LogP contribution in [0.2, 0.25) is 0 Å². The van der Waals surface area contributed by atoms with Gasteiger partial charge >= 0.3 is 0 Å². The van der Waals surface area contributed by atoms with E-state index in [1.54, 1.807) is 36.6 Å². The number of nitrogens with one attached hydrogen (secondary N) is 1. The van der Waals surface area contributed by atoms with Gasteiger partial charge in [-0.3, -0.25) is 9.59 Å². The van der Waals surface area contributed by atoms with Crippen molar-refractivity contribution >= 4 is 38.9 Å². The average molecular weight is 452 g/mol. The van der Waals surface area contributed by atoms with E-state index in [2.05, 4.69) is 5.32 Å². The standard InChI is InChI=1S/C20H25N3O5S2/c1-3-22(14-18(24)21-15-7-6-8-16(13-15)28-2)20(25)19-17(9-12-29-19)30(26,27)23-10-4-5-11-23/h6-9,12-13H,3-5,10-11,14H2,1-2H3,(H,21,24). The lowest BCUT2D eigenvalue weighted by atomic mass is 10.3. The molecule has 1 aromatic carbocycles. The molecule has 10 heteroatoms. The van der Waals surface area contributed by atoms with Crippen LogP contribution < -0.4 is 10.1 Å². The summed E-state index contributed by atoms with van der Waals surface area (Å²) in [5.74, 6) is -0.239. The quantitative estimate of drug-likeness (QED) is 0.666. The molecule has 162 valence electrons. The van der Waals surface area contributed by atoms with Crippen molar-refractivity contribution in [2.24, 2.45) is 0 Å². The highest BCUT2D eigenvalue weighted by Gasteiger charge is 2.33. The van der Waals surface area contributed by atoms with E-state index in [0.29, 0.717) is 24.5 Å². The van der Waals surface area contributed by atoms with Crippen LogP contribution in [0.4, 0.5) is 5.69 Å². The van der Waals surface area contributed by atoms with Gasteiger partial charge in [-0.1, -0.05) is 6.07 Å². The summed E-state index contributed by atoms with van der Waals surface area (Å²) >= 11 is 1.08. The molecule has 0 atom stereocenters. The number of carbonyl (C=O) groups is 2. The largest absolute Gasteiger partial charge is 0.497 e. The van der Waals surface area contributed by atoms with Gasteiger partial charge in [-0.05, 0) is 43.3 Å². The summed E-state index contributed by atoms with van der Waals surface area (Å²) < 4.78 is 32.4. The molecule has 8 nitrogen and oxygen atoms in total. The Balaban J connectivity index is 1.74. The van der Waals surface area contributed by atoms with Crippen LogP contribution in [-0.2, 0) is 14.8 Å². The van der Waals surface area contributed by atoms with Crippen molar-refractivity contribution in [3.63, 3.8) is 0 Å². The summed E-state index contributed by atoms with van der Waals surface area (Å²) in [7, 11) is -2.18. The number of rotatable bonds is 8. The molecule has 1 aromatic heterocycles. The summed E-state index contributed by atoms with van der Waals surface area (Å²) in [6.45, 7) is 2.76. The van der Waals surface area contributed by atoms with Crippen LogP contribution in [0, 0.1) is 0 Å². The minimum atomic E-state index is -3.72. The van der Waals surface area contributed by atoms with Crippen molar-refractivity contribution in [2.75, 3.05) is 38.6 Å². The number of hydrogen-bond donors (Lipinski definition) is 1. The van der Waals surface area contributed by atoms with Crippen LogP contribution in [-0.4, -0.2) is 62.7 Å². The summed E-state index contributed by atoms with van der Waals surface area (Å²) in [6.07, 6.45) is 1.64. The minimum Gasteiger partial charge on any atom is -0.497 e. The monoisotopic (exact) mass is 451 g/mol. The molecule has 0 aliphatic carbocycles. The van der Waals surface area contributed by atoms with Gasteiger partial charge in [-0.25, -0.2) is 8.42 Å². The van der Waals surface area contributed by atoms with Crippen LogP contribution in [0.3, 0.4) is 0 Å². The SMILES string of the molecule is CCN(CC(=O)Nc1cccc(OC)c1)C(=O)c1sccc1S(=O)(=O)N1CCCC1. The number of carbonyl (C=O) groups excluding carboxylic acids is 2. The highest BCUT2D eigenvalue weighted by molar-refractivity contribution is 7.89. The number of likely N-dealkylation sites (N-methyl/N-ethyl adjacent to an activating group) is 1. The van der Waals surface area contributed by atoms with E-state index in [1.165, 1.54) is 22.4 Å². The molecule has 2 amide bonds. The lowest BCUT2D eigenvalue weighted by Crippen LogP contribution is -2.38. The zero-order valence-corrected chi connectivity index (χ0v) is 18.6. The molecule has 0 spiro atoms. The van der Waals surface area contributed by atoms with E-state index >= 15 is 0 Å². The number of thiophene rings is 1. The molecular formula is C20H25N3O5S2. The van der Waals surface area contributed by atoms with Gasteiger partial charge in [0.1, 0.15) is 22.1 Å². The molecule has 1 fully saturated rings. The molecule has 3 rings (SSSR count). The fourth-order valence-corrected chi connectivity index (χ4v) is 6.15. The van der Waals surface area contributed by atoms with Crippen LogP contribution in [0.1, 0.15) is 29.4 Å². The van der Waals surface area contributed by atoms with Crippen molar-refractivity contribution in [1.29, 1.82) is 0 Å². The number of hydrogen-bond acceptors (Lipinski definition) is 6. The van der Waals surface area contributed by atoms with Crippen molar-refractivity contribution < 1.29 is 22.7 Å². The fraction of sp³-hybridized carbons (Fsp3) is 0.400. The van der Waals surface area contributed by atoms with Gasteiger partial charge in [-0.15, -0.1) is 11.3 Å². The van der Waals surface area contributed by atoms with E-state index in [4.69, 9.17) is 4.74 Å². The zero-order chi connectivity index (χ0) is 21.7. The first kappa shape index (κ1) is 22.3. The second kappa shape index (κ2) is 9.59. The van der Waals surface area contributed by atoms with Crippen molar-refractivity contribution in [2.45, 2.75) is 24.7 Å². The predicted octanol–water partition coefficient (Wildman–Crippen LogP) is 2.64. The molecule has 2 aromatic rings. The summed E-state index contributed by atoms with van der Waals surface area (Å²) in [5.41, 5.74) is 0.552. The smallest absolute Gasteiger partial charge is 0.265 e. The fourth-order valence-electron chi connectivity index (χ4n) is 3.27. The Hall–Kier alpha value is -2.43. The van der Waals surface area contributed by atoms with Crippen LogP contribution in [0.15, 0.2) is 40.6 Å². The average Bonchev–Trinajstić information content (AvgIpc) is 3.44. The van der Waals surface area contributed by atoms with Crippen molar-refractivity contribution in [3.05, 3.63) is 40.6 Å². The third-order valence-electron chi connectivity index (χ3n) is 4.86. The Morgan fingerprint density at radius 1 is 1.23 bits per heavy atom. The molecule has 1 aliphatic rings. The summed E-state index contributed by atoms with van der Waals surface area (Å²) in [5, 5.41) is 4.33. The molecule has 0 bridgehead atoms. The molecule has 1 aliphatic heterocycles. The summed E-state index contributed by atoms with van der Waals surface area (Å²) in [6, 6.07) is 8.37. The lowest BCUT2D eigenvalue weighted by molar-refractivity contribution is -0.116. The minimum absolute atomic E-state index is 0.0195. The van der Waals surface area contributed by atoms with Crippen molar-refractivity contribution in [3.8, 4) is 5.75 Å². The normalized spacial score (nSPS) is 14.5. The number of nitrogens with zero attached hydrogens (tertiary/aromatic N) is 2. The third-order valence-corrected chi connectivity index (χ3v) is 7.84. The molecule has 1 N–H and O–H groups in total. The maximum Gasteiger partial charge on any atom is 0.265 e. The van der Waals surface area contributed by atoms with Gasteiger partial charge in [0.15, 0.2) is 0 Å². The van der Waals surface area contributed by atoms with E-state index in [9.17, 15) is 18.0 Å². The summed E-state index contributed by atoms with van der Waals surface area (Å²) in [4.78, 5) is 27.0. The third kappa shape index (κ3) is 4.82. The molecule has 0 radical (unpaired) electrons. The Morgan fingerprint density at radius 2 is 1.97 bits per heavy atom. The Kier molecular flexibility index (Phi) is 7.11. The topological polar surface area (TPSA) is 96.0 Å². The van der Waals surface area contributed by atoms with E-state index in [1.807, 2.05) is 0 Å². The lowest BCUT2D eigenvalue weighted by Gasteiger charge is -2.21. The highest BCUT2D eigenvalue weighted by atomic mass is 32.2. The number of sulfonamides is 1. The molecular weight excluding hydrogens is 426 g/mol.